The molecule has 1 aromatic carbocycles. The SMILES string of the molecule is C/C(=N\NC(=O)[C@@H](C)Oc1ccc(Cl)cc1C)[C@H]1C[C@@H]2CC[C@@H]1C2. The summed E-state index contributed by atoms with van der Waals surface area (Å²) in [6.07, 6.45) is 4.63. The number of hydrazone groups is 1. The van der Waals surface area contributed by atoms with E-state index < -0.39 is 6.10 Å². The van der Waals surface area contributed by atoms with Crippen molar-refractivity contribution in [3.63, 3.8) is 0 Å². The Balaban J connectivity index is 1.55. The molecule has 0 unspecified atom stereocenters. The second kappa shape index (κ2) is 7.14. The van der Waals surface area contributed by atoms with Gasteiger partial charge in [-0.2, -0.15) is 5.10 Å². The van der Waals surface area contributed by atoms with Crippen LogP contribution in [0.15, 0.2) is 23.3 Å². The van der Waals surface area contributed by atoms with Crippen molar-refractivity contribution in [2.45, 2.75) is 52.6 Å². The first-order valence-electron chi connectivity index (χ1n) is 8.71. The average molecular weight is 349 g/mol. The molecular formula is C19H25ClN2O2. The van der Waals surface area contributed by atoms with Gasteiger partial charge < -0.3 is 4.74 Å². The lowest BCUT2D eigenvalue weighted by molar-refractivity contribution is -0.127. The van der Waals surface area contributed by atoms with E-state index in [1.165, 1.54) is 25.7 Å². The Labute approximate surface area is 148 Å². The first-order valence-corrected chi connectivity index (χ1v) is 9.08. The largest absolute Gasteiger partial charge is 0.481 e. The summed E-state index contributed by atoms with van der Waals surface area (Å²) in [6.45, 7) is 5.66. The number of ether oxygens (including phenoxy) is 1. The Morgan fingerprint density at radius 2 is 2.17 bits per heavy atom. The Kier molecular flexibility index (Phi) is 5.14. The summed E-state index contributed by atoms with van der Waals surface area (Å²) in [7, 11) is 0. The van der Waals surface area contributed by atoms with Crippen molar-refractivity contribution in [3.05, 3.63) is 28.8 Å². The van der Waals surface area contributed by atoms with Crippen LogP contribution < -0.4 is 10.2 Å². The van der Waals surface area contributed by atoms with Crippen molar-refractivity contribution < 1.29 is 9.53 Å². The molecule has 2 saturated carbocycles. The number of benzene rings is 1. The molecule has 0 spiro atoms. The normalized spacial score (nSPS) is 27.2. The number of amides is 1. The molecule has 2 bridgehead atoms. The summed E-state index contributed by atoms with van der Waals surface area (Å²) in [5.41, 5.74) is 4.62. The lowest BCUT2D eigenvalue weighted by Crippen LogP contribution is -2.34. The van der Waals surface area contributed by atoms with Crippen molar-refractivity contribution >= 4 is 23.2 Å². The molecule has 5 heteroatoms. The molecule has 0 radical (unpaired) electrons. The van der Waals surface area contributed by atoms with Gasteiger partial charge in [-0.1, -0.05) is 18.0 Å². The molecule has 2 fully saturated rings. The quantitative estimate of drug-likeness (QED) is 0.635. The van der Waals surface area contributed by atoms with Gasteiger partial charge in [-0.15, -0.1) is 0 Å². The molecule has 3 rings (SSSR count). The van der Waals surface area contributed by atoms with E-state index in [1.807, 2.05) is 19.9 Å². The molecule has 0 saturated heterocycles. The van der Waals surface area contributed by atoms with Crippen LogP contribution >= 0.6 is 11.6 Å². The topological polar surface area (TPSA) is 50.7 Å². The van der Waals surface area contributed by atoms with Crippen LogP contribution in [-0.4, -0.2) is 17.7 Å². The molecule has 0 aromatic heterocycles. The van der Waals surface area contributed by atoms with Gasteiger partial charge in [0.05, 0.1) is 0 Å². The fourth-order valence-corrected chi connectivity index (χ4v) is 4.29. The summed E-state index contributed by atoms with van der Waals surface area (Å²) in [6, 6.07) is 5.36. The highest BCUT2D eigenvalue weighted by molar-refractivity contribution is 6.30. The highest BCUT2D eigenvalue weighted by Gasteiger charge is 2.40. The molecule has 24 heavy (non-hydrogen) atoms. The predicted molar refractivity (Wildman–Crippen MR) is 96.5 cm³/mol. The van der Waals surface area contributed by atoms with Gasteiger partial charge in [0.2, 0.25) is 0 Å². The standard InChI is InChI=1S/C19H25ClN2O2/c1-11-8-16(20)6-7-18(11)24-13(3)19(23)22-21-12(2)17-10-14-4-5-15(17)9-14/h6-8,13-15,17H,4-5,9-10H2,1-3H3,(H,22,23)/b21-12+/t13-,14-,15-,17-/m1/s1. The zero-order valence-electron chi connectivity index (χ0n) is 14.5. The van der Waals surface area contributed by atoms with Crippen LogP contribution in [0.2, 0.25) is 5.02 Å². The van der Waals surface area contributed by atoms with Crippen molar-refractivity contribution in [1.29, 1.82) is 0 Å². The fraction of sp³-hybridized carbons (Fsp3) is 0.579. The molecule has 4 atom stereocenters. The molecule has 1 aromatic rings. The number of aryl methyl sites for hydroxylation is 1. The smallest absolute Gasteiger partial charge is 0.280 e. The van der Waals surface area contributed by atoms with Crippen LogP contribution in [0.5, 0.6) is 5.75 Å². The molecule has 0 heterocycles. The number of nitrogens with zero attached hydrogens (tertiary/aromatic N) is 1. The number of carbonyl (C=O) groups excluding carboxylic acids is 1. The number of halogens is 1. The number of hydrogen-bond acceptors (Lipinski definition) is 3. The van der Waals surface area contributed by atoms with Gasteiger partial charge in [0.25, 0.3) is 5.91 Å². The third-order valence-electron chi connectivity index (χ3n) is 5.43. The number of hydrogen-bond donors (Lipinski definition) is 1. The van der Waals surface area contributed by atoms with Gasteiger partial charge in [-0.05, 0) is 75.6 Å². The van der Waals surface area contributed by atoms with Gasteiger partial charge in [-0.3, -0.25) is 4.79 Å². The summed E-state index contributed by atoms with van der Waals surface area (Å²) < 4.78 is 5.73. The Morgan fingerprint density at radius 3 is 2.79 bits per heavy atom. The van der Waals surface area contributed by atoms with E-state index in [2.05, 4.69) is 10.5 Å². The van der Waals surface area contributed by atoms with Gasteiger partial charge in [0.15, 0.2) is 6.10 Å². The lowest BCUT2D eigenvalue weighted by Gasteiger charge is -2.21. The van der Waals surface area contributed by atoms with Crippen LogP contribution in [0.4, 0.5) is 0 Å². The first-order chi connectivity index (χ1) is 11.4. The summed E-state index contributed by atoms with van der Waals surface area (Å²) >= 11 is 5.94. The van der Waals surface area contributed by atoms with Crippen molar-refractivity contribution in [1.82, 2.24) is 5.43 Å². The predicted octanol–water partition coefficient (Wildman–Crippen LogP) is 4.34. The van der Waals surface area contributed by atoms with E-state index in [9.17, 15) is 4.79 Å². The Morgan fingerprint density at radius 1 is 1.38 bits per heavy atom. The number of nitrogens with one attached hydrogen (secondary N) is 1. The highest BCUT2D eigenvalue weighted by Crippen LogP contribution is 2.48. The third-order valence-corrected chi connectivity index (χ3v) is 5.66. The second-order valence-corrected chi connectivity index (χ2v) is 7.62. The maximum atomic E-state index is 12.2. The number of rotatable bonds is 5. The van der Waals surface area contributed by atoms with E-state index >= 15 is 0 Å². The minimum Gasteiger partial charge on any atom is -0.481 e. The van der Waals surface area contributed by atoms with Gasteiger partial charge in [-0.25, -0.2) is 5.43 Å². The van der Waals surface area contributed by atoms with Crippen LogP contribution in [0.1, 0.15) is 45.1 Å². The number of carbonyl (C=O) groups is 1. The lowest BCUT2D eigenvalue weighted by atomic mass is 9.86. The molecule has 1 N–H and O–H groups in total. The summed E-state index contributed by atoms with van der Waals surface area (Å²) in [5.74, 6) is 2.61. The van der Waals surface area contributed by atoms with E-state index in [-0.39, 0.29) is 5.91 Å². The molecule has 130 valence electrons. The monoisotopic (exact) mass is 348 g/mol. The highest BCUT2D eigenvalue weighted by atomic mass is 35.5. The molecule has 2 aliphatic rings. The molecule has 1 amide bonds. The van der Waals surface area contributed by atoms with Crippen molar-refractivity contribution in [2.24, 2.45) is 22.9 Å². The fourth-order valence-electron chi connectivity index (χ4n) is 4.06. The zero-order valence-corrected chi connectivity index (χ0v) is 15.3. The van der Waals surface area contributed by atoms with Gasteiger partial charge in [0.1, 0.15) is 5.75 Å². The minimum atomic E-state index is -0.610. The van der Waals surface area contributed by atoms with Crippen molar-refractivity contribution in [2.75, 3.05) is 0 Å². The first kappa shape index (κ1) is 17.3. The van der Waals surface area contributed by atoms with E-state index in [1.54, 1.807) is 19.1 Å². The Bertz CT molecular complexity index is 659. The summed E-state index contributed by atoms with van der Waals surface area (Å²) in [4.78, 5) is 12.2. The maximum Gasteiger partial charge on any atom is 0.280 e. The molecule has 0 aliphatic heterocycles. The molecular weight excluding hydrogens is 324 g/mol. The Hall–Kier alpha value is -1.55. The van der Waals surface area contributed by atoms with Crippen molar-refractivity contribution in [3.8, 4) is 5.75 Å². The van der Waals surface area contributed by atoms with Crippen LogP contribution in [0, 0.1) is 24.7 Å². The van der Waals surface area contributed by atoms with E-state index in [4.69, 9.17) is 16.3 Å². The second-order valence-electron chi connectivity index (χ2n) is 7.18. The van der Waals surface area contributed by atoms with Gasteiger partial charge in [0, 0.05) is 16.7 Å². The molecule has 2 aliphatic carbocycles. The number of fused-ring (bicyclic) bond motifs is 2. The van der Waals surface area contributed by atoms with E-state index in [0.717, 1.165) is 23.1 Å². The third kappa shape index (κ3) is 3.75. The minimum absolute atomic E-state index is 0.230. The van der Waals surface area contributed by atoms with Crippen LogP contribution in [0.25, 0.3) is 0 Å². The van der Waals surface area contributed by atoms with E-state index in [0.29, 0.717) is 16.7 Å². The summed E-state index contributed by atoms with van der Waals surface area (Å²) in [5, 5.41) is 5.00. The van der Waals surface area contributed by atoms with Crippen LogP contribution in [-0.2, 0) is 4.79 Å². The van der Waals surface area contributed by atoms with Crippen LogP contribution in [0.3, 0.4) is 0 Å². The molecule has 4 nitrogen and oxygen atoms in total. The van der Waals surface area contributed by atoms with Gasteiger partial charge >= 0.3 is 0 Å². The zero-order chi connectivity index (χ0) is 17.3. The maximum absolute atomic E-state index is 12.2. The average Bonchev–Trinajstić information content (AvgIpc) is 3.17.